The highest BCUT2D eigenvalue weighted by molar-refractivity contribution is 7.13. The largest absolute Gasteiger partial charge is 0.450 e. The van der Waals surface area contributed by atoms with Gasteiger partial charge in [0.15, 0.2) is 11.8 Å². The van der Waals surface area contributed by atoms with Gasteiger partial charge in [0.25, 0.3) is 0 Å². The van der Waals surface area contributed by atoms with E-state index in [1.54, 1.807) is 24.4 Å². The van der Waals surface area contributed by atoms with Crippen LogP contribution in [0.1, 0.15) is 33.3 Å². The minimum Gasteiger partial charge on any atom is -0.450 e. The third kappa shape index (κ3) is 4.00. The molecule has 2 aromatic carbocycles. The van der Waals surface area contributed by atoms with Gasteiger partial charge in [0.1, 0.15) is 5.01 Å². The molecule has 0 aliphatic carbocycles. The third-order valence-electron chi connectivity index (χ3n) is 3.72. The molecule has 0 aliphatic heterocycles. The summed E-state index contributed by atoms with van der Waals surface area (Å²) in [5.74, 6) is -0.821. The Morgan fingerprint density at radius 1 is 1.04 bits per heavy atom. The first-order valence-corrected chi connectivity index (χ1v) is 8.75. The smallest absolute Gasteiger partial charge is 0.358 e. The average Bonchev–Trinajstić information content (AvgIpc) is 3.13. The monoisotopic (exact) mass is 351 g/mol. The fraction of sp³-hybridized carbons (Fsp3) is 0.150. The van der Waals surface area contributed by atoms with Gasteiger partial charge in [0.05, 0.1) is 0 Å². The molecule has 3 aromatic rings. The van der Waals surface area contributed by atoms with Crippen LogP contribution in [-0.2, 0) is 4.74 Å². The summed E-state index contributed by atoms with van der Waals surface area (Å²) in [6, 6.07) is 16.8. The molecule has 0 radical (unpaired) electrons. The van der Waals surface area contributed by atoms with E-state index < -0.39 is 12.1 Å². The van der Waals surface area contributed by atoms with Crippen LogP contribution in [0.5, 0.6) is 0 Å². The fourth-order valence-electron chi connectivity index (χ4n) is 2.31. The summed E-state index contributed by atoms with van der Waals surface area (Å²) in [7, 11) is 0. The molecule has 5 heteroatoms. The Bertz CT molecular complexity index is 885. The zero-order chi connectivity index (χ0) is 17.8. The number of aryl methyl sites for hydroxylation is 1. The Morgan fingerprint density at radius 3 is 2.40 bits per heavy atom. The third-order valence-corrected chi connectivity index (χ3v) is 4.61. The van der Waals surface area contributed by atoms with Gasteiger partial charge in [-0.15, -0.1) is 11.3 Å². The molecule has 0 spiro atoms. The average molecular weight is 351 g/mol. The lowest BCUT2D eigenvalue weighted by Crippen LogP contribution is -2.24. The molecule has 0 amide bonds. The van der Waals surface area contributed by atoms with E-state index in [9.17, 15) is 9.59 Å². The quantitative estimate of drug-likeness (QED) is 0.500. The van der Waals surface area contributed by atoms with Gasteiger partial charge in [-0.1, -0.05) is 60.2 Å². The van der Waals surface area contributed by atoms with Crippen molar-refractivity contribution < 1.29 is 14.3 Å². The summed E-state index contributed by atoms with van der Waals surface area (Å²) in [5.41, 5.74) is 2.74. The molecule has 1 atom stereocenters. The number of ketones is 1. The van der Waals surface area contributed by atoms with Crippen molar-refractivity contribution in [3.05, 3.63) is 76.8 Å². The number of benzene rings is 2. The number of aromatic nitrogens is 1. The van der Waals surface area contributed by atoms with Crippen LogP contribution in [0, 0.1) is 6.92 Å². The summed E-state index contributed by atoms with van der Waals surface area (Å²) >= 11 is 1.37. The van der Waals surface area contributed by atoms with Gasteiger partial charge in [-0.05, 0) is 13.8 Å². The lowest BCUT2D eigenvalue weighted by molar-refractivity contribution is 0.0314. The molecule has 25 heavy (non-hydrogen) atoms. The van der Waals surface area contributed by atoms with Crippen molar-refractivity contribution in [2.24, 2.45) is 0 Å². The van der Waals surface area contributed by atoms with Crippen molar-refractivity contribution in [1.29, 1.82) is 0 Å². The molecule has 1 aromatic heterocycles. The summed E-state index contributed by atoms with van der Waals surface area (Å²) in [4.78, 5) is 28.9. The number of carbonyl (C=O) groups is 2. The van der Waals surface area contributed by atoms with Crippen LogP contribution >= 0.6 is 11.3 Å². The molecule has 1 heterocycles. The second kappa shape index (κ2) is 7.40. The highest BCUT2D eigenvalue weighted by Crippen LogP contribution is 2.23. The van der Waals surface area contributed by atoms with Crippen LogP contribution in [0.4, 0.5) is 0 Å². The van der Waals surface area contributed by atoms with Gasteiger partial charge >= 0.3 is 5.97 Å². The second-order valence-electron chi connectivity index (χ2n) is 5.68. The highest BCUT2D eigenvalue weighted by Gasteiger charge is 2.22. The molecule has 0 saturated heterocycles. The van der Waals surface area contributed by atoms with Gasteiger partial charge < -0.3 is 4.74 Å². The van der Waals surface area contributed by atoms with Crippen molar-refractivity contribution >= 4 is 23.1 Å². The van der Waals surface area contributed by atoms with Crippen LogP contribution in [0.2, 0.25) is 0 Å². The van der Waals surface area contributed by atoms with E-state index in [-0.39, 0.29) is 11.5 Å². The number of esters is 1. The van der Waals surface area contributed by atoms with E-state index in [0.29, 0.717) is 5.56 Å². The Morgan fingerprint density at radius 2 is 1.72 bits per heavy atom. The molecular formula is C20H17NO3S. The molecule has 3 rings (SSSR count). The number of rotatable bonds is 5. The predicted molar refractivity (Wildman–Crippen MR) is 97.9 cm³/mol. The fourth-order valence-corrected chi connectivity index (χ4v) is 3.10. The van der Waals surface area contributed by atoms with E-state index in [4.69, 9.17) is 4.74 Å². The van der Waals surface area contributed by atoms with E-state index >= 15 is 0 Å². The predicted octanol–water partition coefficient (Wildman–Crippen LogP) is 4.55. The Labute approximate surface area is 150 Å². The standard InChI is InChI=1S/C20H17NO3S/c1-13-8-10-15(11-9-13)18(22)14(2)24-20(23)17-12-25-19(21-17)16-6-4-3-5-7-16/h3-12,14H,1-2H3. The van der Waals surface area contributed by atoms with Gasteiger partial charge in [0.2, 0.25) is 5.78 Å². The second-order valence-corrected chi connectivity index (χ2v) is 6.54. The Kier molecular flexibility index (Phi) is 5.05. The number of hydrogen-bond donors (Lipinski definition) is 0. The first kappa shape index (κ1) is 17.0. The van der Waals surface area contributed by atoms with Crippen molar-refractivity contribution in [2.75, 3.05) is 0 Å². The lowest BCUT2D eigenvalue weighted by Gasteiger charge is -2.11. The summed E-state index contributed by atoms with van der Waals surface area (Å²) < 4.78 is 5.29. The van der Waals surface area contributed by atoms with E-state index in [0.717, 1.165) is 16.1 Å². The highest BCUT2D eigenvalue weighted by atomic mass is 32.1. The summed E-state index contributed by atoms with van der Waals surface area (Å²) in [6.07, 6.45) is -0.864. The first-order valence-electron chi connectivity index (χ1n) is 7.87. The van der Waals surface area contributed by atoms with Gasteiger partial charge in [0, 0.05) is 16.5 Å². The number of ether oxygens (including phenoxy) is 1. The van der Waals surface area contributed by atoms with Gasteiger partial charge in [-0.3, -0.25) is 4.79 Å². The van der Waals surface area contributed by atoms with Crippen molar-refractivity contribution in [2.45, 2.75) is 20.0 Å². The molecule has 126 valence electrons. The zero-order valence-corrected chi connectivity index (χ0v) is 14.7. The Balaban J connectivity index is 1.68. The van der Waals surface area contributed by atoms with Crippen molar-refractivity contribution in [1.82, 2.24) is 4.98 Å². The number of hydrogen-bond acceptors (Lipinski definition) is 5. The van der Waals surface area contributed by atoms with E-state index in [1.807, 2.05) is 49.4 Å². The molecular weight excluding hydrogens is 334 g/mol. The maximum atomic E-state index is 12.4. The molecule has 1 unspecified atom stereocenters. The van der Waals surface area contributed by atoms with Crippen LogP contribution < -0.4 is 0 Å². The number of thiazole rings is 1. The SMILES string of the molecule is Cc1ccc(C(=O)C(C)OC(=O)c2csc(-c3ccccc3)n2)cc1. The van der Waals surface area contributed by atoms with Gasteiger partial charge in [-0.2, -0.15) is 0 Å². The molecule has 0 saturated carbocycles. The molecule has 0 aliphatic rings. The van der Waals surface area contributed by atoms with Crippen LogP contribution in [0.15, 0.2) is 60.0 Å². The number of Topliss-reactive ketones (excluding diaryl/α,β-unsaturated/α-hetero) is 1. The zero-order valence-electron chi connectivity index (χ0n) is 13.9. The molecule has 4 nitrogen and oxygen atoms in total. The molecule has 0 bridgehead atoms. The summed E-state index contributed by atoms with van der Waals surface area (Å²) in [6.45, 7) is 3.52. The lowest BCUT2D eigenvalue weighted by atomic mass is 10.1. The minimum absolute atomic E-state index is 0.215. The minimum atomic E-state index is -0.864. The van der Waals surface area contributed by atoms with E-state index in [1.165, 1.54) is 11.3 Å². The van der Waals surface area contributed by atoms with Crippen LogP contribution in [0.3, 0.4) is 0 Å². The van der Waals surface area contributed by atoms with Crippen molar-refractivity contribution in [3.63, 3.8) is 0 Å². The van der Waals surface area contributed by atoms with Crippen LogP contribution in [0.25, 0.3) is 10.6 Å². The van der Waals surface area contributed by atoms with Crippen LogP contribution in [-0.4, -0.2) is 22.8 Å². The molecule has 0 N–H and O–H groups in total. The Hall–Kier alpha value is -2.79. The number of nitrogens with zero attached hydrogens (tertiary/aromatic N) is 1. The number of carbonyl (C=O) groups excluding carboxylic acids is 2. The van der Waals surface area contributed by atoms with Gasteiger partial charge in [-0.25, -0.2) is 9.78 Å². The first-order chi connectivity index (χ1) is 12.0. The maximum absolute atomic E-state index is 12.4. The summed E-state index contributed by atoms with van der Waals surface area (Å²) in [5, 5.41) is 2.39. The topological polar surface area (TPSA) is 56.3 Å². The maximum Gasteiger partial charge on any atom is 0.358 e. The van der Waals surface area contributed by atoms with E-state index in [2.05, 4.69) is 4.98 Å². The normalized spacial score (nSPS) is 11.8. The molecule has 0 fully saturated rings. The van der Waals surface area contributed by atoms with Crippen molar-refractivity contribution in [3.8, 4) is 10.6 Å².